The van der Waals surface area contributed by atoms with Crippen LogP contribution >= 0.6 is 0 Å². The summed E-state index contributed by atoms with van der Waals surface area (Å²) in [7, 11) is 0. The van der Waals surface area contributed by atoms with Crippen LogP contribution in [0, 0.1) is 0 Å². The van der Waals surface area contributed by atoms with Gasteiger partial charge in [-0.25, -0.2) is 4.79 Å². The first-order chi connectivity index (χ1) is 15.6. The molecule has 0 spiro atoms. The third-order valence-corrected chi connectivity index (χ3v) is 4.48. The monoisotopic (exact) mass is 458 g/mol. The van der Waals surface area contributed by atoms with Crippen molar-refractivity contribution in [3.8, 4) is 5.75 Å². The largest absolute Gasteiger partial charge is 0.488 e. The van der Waals surface area contributed by atoms with E-state index in [2.05, 4.69) is 5.32 Å². The molecule has 0 saturated heterocycles. The van der Waals surface area contributed by atoms with Crippen LogP contribution < -0.4 is 20.3 Å². The Hall–Kier alpha value is -3.29. The lowest BCUT2D eigenvalue weighted by Crippen LogP contribution is -2.27. The number of nitrogens with one attached hydrogen (secondary N) is 1. The van der Waals surface area contributed by atoms with Crippen molar-refractivity contribution in [3.05, 3.63) is 58.0 Å². The van der Waals surface area contributed by atoms with E-state index in [0.717, 1.165) is 25.7 Å². The Morgan fingerprint density at radius 1 is 1.00 bits per heavy atom. The Morgan fingerprint density at radius 3 is 2.24 bits per heavy atom. The van der Waals surface area contributed by atoms with Gasteiger partial charge in [0.05, 0.1) is 18.4 Å². The van der Waals surface area contributed by atoms with Crippen molar-refractivity contribution in [1.29, 1.82) is 0 Å². The number of hydrogen-bond acceptors (Lipinski definition) is 6. The molecule has 2 rings (SSSR count). The number of anilines is 1. The number of amides is 1. The fraction of sp³-hybridized carbons (Fsp3) is 0.480. The minimum absolute atomic E-state index is 0.0511. The molecule has 1 amide bonds. The van der Waals surface area contributed by atoms with Gasteiger partial charge in [-0.3, -0.25) is 9.59 Å². The first kappa shape index (κ1) is 26.0. The summed E-state index contributed by atoms with van der Waals surface area (Å²) in [5.41, 5.74) is -0.112. The molecule has 0 aliphatic heterocycles. The van der Waals surface area contributed by atoms with Crippen LogP contribution in [0.5, 0.6) is 5.75 Å². The highest BCUT2D eigenvalue weighted by molar-refractivity contribution is 6.03. The van der Waals surface area contributed by atoms with Crippen LogP contribution in [0.1, 0.15) is 81.1 Å². The molecule has 0 saturated carbocycles. The van der Waals surface area contributed by atoms with Gasteiger partial charge in [0, 0.05) is 11.8 Å². The maximum Gasteiger partial charge on any atom is 0.338 e. The number of carbonyl (C=O) groups excluding carboxylic acids is 2. The first-order valence-electron chi connectivity index (χ1n) is 11.3. The maximum atomic E-state index is 12.9. The first-order valence-corrected chi connectivity index (χ1v) is 11.3. The van der Waals surface area contributed by atoms with E-state index in [1.807, 2.05) is 13.8 Å². The predicted octanol–water partition coefficient (Wildman–Crippen LogP) is 4.46. The quantitative estimate of drug-likeness (QED) is 0.394. The Balaban J connectivity index is 2.20. The Bertz CT molecular complexity index is 989. The van der Waals surface area contributed by atoms with Crippen LogP contribution in [0.2, 0.25) is 0 Å². The summed E-state index contributed by atoms with van der Waals surface area (Å²) in [6, 6.07) is 7.54. The average molecular weight is 459 g/mol. The second kappa shape index (κ2) is 12.1. The van der Waals surface area contributed by atoms with Gasteiger partial charge >= 0.3 is 5.97 Å². The zero-order valence-corrected chi connectivity index (χ0v) is 20.1. The topological polar surface area (TPSA) is 95.9 Å². The van der Waals surface area contributed by atoms with E-state index in [-0.39, 0.29) is 11.4 Å². The van der Waals surface area contributed by atoms with Crippen LogP contribution in [0.25, 0.3) is 0 Å². The number of esters is 1. The number of aromatic nitrogens is 1. The van der Waals surface area contributed by atoms with Crippen molar-refractivity contribution in [2.45, 2.75) is 65.9 Å². The van der Waals surface area contributed by atoms with Crippen LogP contribution in [0.3, 0.4) is 0 Å². The lowest BCUT2D eigenvalue weighted by molar-refractivity contribution is 0.00694. The number of nitrogens with zero attached hydrogens (tertiary/aromatic N) is 1. The maximum absolute atomic E-state index is 12.9. The number of ether oxygens (including phenoxy) is 2. The Morgan fingerprint density at radius 2 is 1.64 bits per heavy atom. The summed E-state index contributed by atoms with van der Waals surface area (Å²) >= 11 is 0. The number of rotatable bonds is 11. The van der Waals surface area contributed by atoms with E-state index in [1.54, 1.807) is 45.0 Å². The minimum Gasteiger partial charge on any atom is -0.488 e. The molecule has 180 valence electrons. The Labute approximate surface area is 194 Å². The summed E-state index contributed by atoms with van der Waals surface area (Å²) in [6.07, 6.45) is 4.89. The van der Waals surface area contributed by atoms with E-state index in [1.165, 1.54) is 17.0 Å². The standard InChI is InChI=1S/C25H34N2O6/c1-6-8-14-31-22-17-27(32-15-9-7-2)20(16-21(22)28)23(29)26-19-12-10-18(11-13-19)24(30)33-25(3,4)5/h10-13,16-17H,6-9,14-15H2,1-5H3,(H,26,29). The number of carbonyl (C=O) groups is 2. The van der Waals surface area contributed by atoms with Gasteiger partial charge in [-0.1, -0.05) is 26.7 Å². The van der Waals surface area contributed by atoms with Crippen LogP contribution in [0.4, 0.5) is 5.69 Å². The molecule has 0 aliphatic rings. The molecular weight excluding hydrogens is 424 g/mol. The normalized spacial score (nSPS) is 11.1. The lowest BCUT2D eigenvalue weighted by Gasteiger charge is -2.19. The number of benzene rings is 1. The van der Waals surface area contributed by atoms with Crippen molar-refractivity contribution in [2.24, 2.45) is 0 Å². The van der Waals surface area contributed by atoms with E-state index >= 15 is 0 Å². The second-order valence-electron chi connectivity index (χ2n) is 8.64. The summed E-state index contributed by atoms with van der Waals surface area (Å²) in [4.78, 5) is 43.3. The van der Waals surface area contributed by atoms with Crippen LogP contribution in [0.15, 0.2) is 41.3 Å². The molecule has 0 aliphatic carbocycles. The number of hydrogen-bond donors (Lipinski definition) is 1. The third-order valence-electron chi connectivity index (χ3n) is 4.48. The van der Waals surface area contributed by atoms with E-state index in [9.17, 15) is 14.4 Å². The second-order valence-corrected chi connectivity index (χ2v) is 8.64. The Kier molecular flexibility index (Phi) is 9.51. The summed E-state index contributed by atoms with van der Waals surface area (Å²) in [5, 5.41) is 2.73. The molecule has 33 heavy (non-hydrogen) atoms. The van der Waals surface area contributed by atoms with E-state index in [4.69, 9.17) is 14.3 Å². The van der Waals surface area contributed by atoms with Crippen molar-refractivity contribution in [1.82, 2.24) is 4.73 Å². The van der Waals surface area contributed by atoms with Gasteiger partial charge in [0.25, 0.3) is 5.91 Å². The molecule has 2 aromatic rings. The molecule has 0 unspecified atom stereocenters. The van der Waals surface area contributed by atoms with Gasteiger partial charge in [0.2, 0.25) is 5.43 Å². The van der Waals surface area contributed by atoms with Crippen molar-refractivity contribution >= 4 is 17.6 Å². The summed E-state index contributed by atoms with van der Waals surface area (Å²) < 4.78 is 12.2. The van der Waals surface area contributed by atoms with Crippen molar-refractivity contribution < 1.29 is 23.9 Å². The molecule has 8 nitrogen and oxygen atoms in total. The van der Waals surface area contributed by atoms with Crippen molar-refractivity contribution in [2.75, 3.05) is 18.5 Å². The molecule has 1 heterocycles. The van der Waals surface area contributed by atoms with Gasteiger partial charge in [0.15, 0.2) is 5.75 Å². The van der Waals surface area contributed by atoms with E-state index in [0.29, 0.717) is 24.5 Å². The summed E-state index contributed by atoms with van der Waals surface area (Å²) in [5.74, 6) is -0.830. The molecule has 0 bridgehead atoms. The molecule has 8 heteroatoms. The molecule has 0 radical (unpaired) electrons. The average Bonchev–Trinajstić information content (AvgIpc) is 2.75. The van der Waals surface area contributed by atoms with Gasteiger partial charge in [-0.15, -0.1) is 0 Å². The fourth-order valence-electron chi connectivity index (χ4n) is 2.73. The van der Waals surface area contributed by atoms with Crippen LogP contribution in [-0.4, -0.2) is 35.4 Å². The molecule has 1 aromatic heterocycles. The molecule has 1 N–H and O–H groups in total. The van der Waals surface area contributed by atoms with Gasteiger partial charge in [0.1, 0.15) is 17.9 Å². The van der Waals surface area contributed by atoms with Crippen LogP contribution in [-0.2, 0) is 4.74 Å². The zero-order chi connectivity index (χ0) is 24.4. The third kappa shape index (κ3) is 8.29. The minimum atomic E-state index is -0.599. The molecular formula is C25H34N2O6. The summed E-state index contributed by atoms with van der Waals surface area (Å²) in [6.45, 7) is 10.2. The number of unbranched alkanes of at least 4 members (excludes halogenated alkanes) is 2. The number of pyridine rings is 1. The smallest absolute Gasteiger partial charge is 0.338 e. The lowest BCUT2D eigenvalue weighted by atomic mass is 10.1. The predicted molar refractivity (Wildman–Crippen MR) is 127 cm³/mol. The molecule has 1 aromatic carbocycles. The molecule has 0 atom stereocenters. The zero-order valence-electron chi connectivity index (χ0n) is 20.1. The SMILES string of the molecule is CCCCOc1cn(OCCCC)c(C(=O)Nc2ccc(C(=O)OC(C)(C)C)cc2)cc1=O. The molecule has 0 fully saturated rings. The highest BCUT2D eigenvalue weighted by Crippen LogP contribution is 2.16. The highest BCUT2D eigenvalue weighted by atomic mass is 16.7. The van der Waals surface area contributed by atoms with Gasteiger partial charge in [-0.05, 0) is 57.9 Å². The van der Waals surface area contributed by atoms with Gasteiger partial charge < -0.3 is 19.6 Å². The van der Waals surface area contributed by atoms with Gasteiger partial charge in [-0.2, -0.15) is 4.73 Å². The van der Waals surface area contributed by atoms with E-state index < -0.39 is 22.9 Å². The fourth-order valence-corrected chi connectivity index (χ4v) is 2.73. The highest BCUT2D eigenvalue weighted by Gasteiger charge is 2.19. The van der Waals surface area contributed by atoms with Crippen molar-refractivity contribution in [3.63, 3.8) is 0 Å².